The van der Waals surface area contributed by atoms with Crippen molar-refractivity contribution in [3.63, 3.8) is 0 Å². The normalized spacial score (nSPS) is 12.4. The molecule has 0 aromatic heterocycles. The number of nitrogens with zero attached hydrogens (tertiary/aromatic N) is 1. The molecule has 7 heteroatoms. The number of nitro benzene ring substituents is 1. The molecule has 1 unspecified atom stereocenters. The molecule has 1 aromatic rings. The van der Waals surface area contributed by atoms with E-state index in [2.05, 4.69) is 5.32 Å². The highest BCUT2D eigenvalue weighted by molar-refractivity contribution is 5.48. The summed E-state index contributed by atoms with van der Waals surface area (Å²) in [6, 6.07) is 4.75. The minimum atomic E-state index is -0.830. The summed E-state index contributed by atoms with van der Waals surface area (Å²) < 4.78 is 10.6. The van der Waals surface area contributed by atoms with Crippen LogP contribution in [0.15, 0.2) is 18.2 Å². The lowest BCUT2D eigenvalue weighted by Crippen LogP contribution is -2.25. The molecular formula is C14H22N2O5. The molecule has 1 aromatic carbocycles. The van der Waals surface area contributed by atoms with Crippen LogP contribution in [-0.4, -0.2) is 42.5 Å². The number of nitrogens with one attached hydrogen (secondary N) is 1. The fourth-order valence-corrected chi connectivity index (χ4v) is 1.68. The maximum absolute atomic E-state index is 11.1. The van der Waals surface area contributed by atoms with Crippen molar-refractivity contribution < 1.29 is 19.5 Å². The van der Waals surface area contributed by atoms with Crippen molar-refractivity contribution in [1.82, 2.24) is 5.32 Å². The third kappa shape index (κ3) is 6.07. The Kier molecular flexibility index (Phi) is 7.07. The molecule has 1 atom stereocenters. The van der Waals surface area contributed by atoms with Crippen LogP contribution in [0, 0.1) is 10.1 Å². The van der Waals surface area contributed by atoms with Crippen LogP contribution in [0.3, 0.4) is 0 Å². The van der Waals surface area contributed by atoms with Crippen molar-refractivity contribution >= 4 is 5.69 Å². The van der Waals surface area contributed by atoms with Gasteiger partial charge in [0.05, 0.1) is 17.6 Å². The fraction of sp³-hybridized carbons (Fsp3) is 0.571. The molecule has 0 amide bonds. The van der Waals surface area contributed by atoms with Crippen LogP contribution in [0.1, 0.15) is 19.4 Å². The third-order valence-corrected chi connectivity index (χ3v) is 2.65. The van der Waals surface area contributed by atoms with Gasteiger partial charge in [0.25, 0.3) is 0 Å². The van der Waals surface area contributed by atoms with Crippen LogP contribution in [0.4, 0.5) is 5.69 Å². The van der Waals surface area contributed by atoms with Gasteiger partial charge in [-0.25, -0.2) is 0 Å². The molecule has 0 aliphatic heterocycles. The summed E-state index contributed by atoms with van der Waals surface area (Å²) in [5, 5.41) is 23.7. The largest absolute Gasteiger partial charge is 0.484 e. The summed E-state index contributed by atoms with van der Waals surface area (Å²) in [4.78, 5) is 10.6. The lowest BCUT2D eigenvalue weighted by atomic mass is 10.2. The van der Waals surface area contributed by atoms with Gasteiger partial charge in [-0.3, -0.25) is 10.1 Å². The maximum atomic E-state index is 11.1. The molecule has 0 aliphatic carbocycles. The zero-order chi connectivity index (χ0) is 15.8. The molecule has 118 valence electrons. The first kappa shape index (κ1) is 17.4. The van der Waals surface area contributed by atoms with Crippen molar-refractivity contribution in [2.24, 2.45) is 0 Å². The van der Waals surface area contributed by atoms with Gasteiger partial charge >= 0.3 is 5.69 Å². The van der Waals surface area contributed by atoms with Gasteiger partial charge in [-0.15, -0.1) is 0 Å². The quantitative estimate of drug-likeness (QED) is 0.530. The monoisotopic (exact) mass is 298 g/mol. The van der Waals surface area contributed by atoms with E-state index in [-0.39, 0.29) is 30.8 Å². The van der Waals surface area contributed by atoms with Gasteiger partial charge in [-0.2, -0.15) is 0 Å². The number of hydrogen-bond donors (Lipinski definition) is 2. The SMILES string of the molecule is CNCc1ccc(OCC(O)COC(C)C)c([N+](=O)[O-])c1. The van der Waals surface area contributed by atoms with Gasteiger partial charge in [-0.1, -0.05) is 6.07 Å². The van der Waals surface area contributed by atoms with Gasteiger partial charge in [-0.05, 0) is 32.5 Å². The summed E-state index contributed by atoms with van der Waals surface area (Å²) in [7, 11) is 1.77. The summed E-state index contributed by atoms with van der Waals surface area (Å²) >= 11 is 0. The standard InChI is InChI=1S/C14H22N2O5/c1-10(2)20-8-12(17)9-21-14-5-4-11(7-15-3)6-13(14)16(18)19/h4-6,10,12,15,17H,7-9H2,1-3H3. The summed E-state index contributed by atoms with van der Waals surface area (Å²) in [5.74, 6) is 0.142. The number of benzene rings is 1. The van der Waals surface area contributed by atoms with E-state index in [4.69, 9.17) is 9.47 Å². The van der Waals surface area contributed by atoms with Crippen LogP contribution in [0.25, 0.3) is 0 Å². The molecule has 7 nitrogen and oxygen atoms in total. The zero-order valence-electron chi connectivity index (χ0n) is 12.5. The molecule has 2 N–H and O–H groups in total. The number of aliphatic hydroxyl groups excluding tert-OH is 1. The second-order valence-electron chi connectivity index (χ2n) is 4.94. The molecule has 0 radical (unpaired) electrons. The van der Waals surface area contributed by atoms with Crippen LogP contribution >= 0.6 is 0 Å². The van der Waals surface area contributed by atoms with Crippen molar-refractivity contribution in [1.29, 1.82) is 0 Å². The number of rotatable bonds is 9. The fourth-order valence-electron chi connectivity index (χ4n) is 1.68. The molecule has 21 heavy (non-hydrogen) atoms. The van der Waals surface area contributed by atoms with Gasteiger partial charge in [0.1, 0.15) is 12.7 Å². The highest BCUT2D eigenvalue weighted by Gasteiger charge is 2.17. The Hall–Kier alpha value is -1.70. The lowest BCUT2D eigenvalue weighted by molar-refractivity contribution is -0.386. The van der Waals surface area contributed by atoms with E-state index in [9.17, 15) is 15.2 Å². The van der Waals surface area contributed by atoms with E-state index in [1.54, 1.807) is 19.2 Å². The molecular weight excluding hydrogens is 276 g/mol. The summed E-state index contributed by atoms with van der Waals surface area (Å²) in [5.41, 5.74) is 0.681. The van der Waals surface area contributed by atoms with Crippen LogP contribution in [0.5, 0.6) is 5.75 Å². The first-order valence-electron chi connectivity index (χ1n) is 6.78. The Labute approximate surface area is 124 Å². The van der Waals surface area contributed by atoms with Gasteiger partial charge in [0.2, 0.25) is 0 Å². The maximum Gasteiger partial charge on any atom is 0.311 e. The highest BCUT2D eigenvalue weighted by atomic mass is 16.6. The lowest BCUT2D eigenvalue weighted by Gasteiger charge is -2.14. The summed E-state index contributed by atoms with van der Waals surface area (Å²) in [6.45, 7) is 4.33. The molecule has 0 spiro atoms. The number of hydrogen-bond acceptors (Lipinski definition) is 6. The van der Waals surface area contributed by atoms with Crippen molar-refractivity contribution in [3.05, 3.63) is 33.9 Å². The average molecular weight is 298 g/mol. The number of ether oxygens (including phenoxy) is 2. The van der Waals surface area contributed by atoms with Crippen molar-refractivity contribution in [2.45, 2.75) is 32.6 Å². The van der Waals surface area contributed by atoms with Crippen LogP contribution < -0.4 is 10.1 Å². The summed E-state index contributed by atoms with van der Waals surface area (Å²) in [6.07, 6.45) is -0.821. The molecule has 1 rings (SSSR count). The van der Waals surface area contributed by atoms with Crippen molar-refractivity contribution in [3.8, 4) is 5.75 Å². The van der Waals surface area contributed by atoms with E-state index in [0.717, 1.165) is 5.56 Å². The Bertz CT molecular complexity index is 465. The molecule has 0 fully saturated rings. The Morgan fingerprint density at radius 3 is 2.67 bits per heavy atom. The van der Waals surface area contributed by atoms with Crippen LogP contribution in [0.2, 0.25) is 0 Å². The first-order chi connectivity index (χ1) is 9.93. The minimum absolute atomic E-state index is 0.00909. The predicted octanol–water partition coefficient (Wildman–Crippen LogP) is 1.48. The number of aliphatic hydroxyl groups is 1. The first-order valence-corrected chi connectivity index (χ1v) is 6.78. The van der Waals surface area contributed by atoms with Gasteiger partial charge < -0.3 is 19.9 Å². The second-order valence-corrected chi connectivity index (χ2v) is 4.94. The third-order valence-electron chi connectivity index (χ3n) is 2.65. The molecule has 0 aliphatic rings. The van der Waals surface area contributed by atoms with Gasteiger partial charge in [0, 0.05) is 12.6 Å². The molecule has 0 saturated heterocycles. The predicted molar refractivity (Wildman–Crippen MR) is 78.4 cm³/mol. The molecule has 0 bridgehead atoms. The van der Waals surface area contributed by atoms with Crippen molar-refractivity contribution in [2.75, 3.05) is 20.3 Å². The Morgan fingerprint density at radius 2 is 2.10 bits per heavy atom. The Balaban J connectivity index is 2.67. The van der Waals surface area contributed by atoms with E-state index >= 15 is 0 Å². The minimum Gasteiger partial charge on any atom is -0.484 e. The van der Waals surface area contributed by atoms with Crippen LogP contribution in [-0.2, 0) is 11.3 Å². The number of nitro groups is 1. The topological polar surface area (TPSA) is 93.9 Å². The van der Waals surface area contributed by atoms with E-state index in [0.29, 0.717) is 6.54 Å². The smallest absolute Gasteiger partial charge is 0.311 e. The molecule has 0 heterocycles. The van der Waals surface area contributed by atoms with Gasteiger partial charge in [0.15, 0.2) is 5.75 Å². The van der Waals surface area contributed by atoms with E-state index in [1.807, 2.05) is 13.8 Å². The Morgan fingerprint density at radius 1 is 1.38 bits per heavy atom. The highest BCUT2D eigenvalue weighted by Crippen LogP contribution is 2.28. The second kappa shape index (κ2) is 8.56. The average Bonchev–Trinajstić information content (AvgIpc) is 2.43. The van der Waals surface area contributed by atoms with E-state index in [1.165, 1.54) is 6.07 Å². The molecule has 0 saturated carbocycles. The zero-order valence-corrected chi connectivity index (χ0v) is 12.5. The van der Waals surface area contributed by atoms with E-state index < -0.39 is 11.0 Å².